The van der Waals surface area contributed by atoms with Crippen LogP contribution in [0, 0.1) is 11.6 Å². The Bertz CT molecular complexity index is 652. The van der Waals surface area contributed by atoms with Crippen molar-refractivity contribution in [2.75, 3.05) is 26.4 Å². The van der Waals surface area contributed by atoms with E-state index in [1.54, 1.807) is 0 Å². The van der Waals surface area contributed by atoms with Crippen LogP contribution in [0.4, 0.5) is 8.78 Å². The molecule has 0 bridgehead atoms. The minimum Gasteiger partial charge on any atom is -0.463 e. The average Bonchev–Trinajstić information content (AvgIpc) is 2.74. The monoisotopic (exact) mass is 458 g/mol. The molecule has 0 aliphatic carbocycles. The quantitative estimate of drug-likeness (QED) is 0.126. The minimum atomic E-state index is -2.53. The van der Waals surface area contributed by atoms with Crippen molar-refractivity contribution in [1.29, 1.82) is 0 Å². The van der Waals surface area contributed by atoms with E-state index in [-0.39, 0.29) is 0 Å². The summed E-state index contributed by atoms with van der Waals surface area (Å²) in [6, 6.07) is 4.28. The normalized spacial score (nSPS) is 11.9. The zero-order valence-electron chi connectivity index (χ0n) is 19.0. The van der Waals surface area contributed by atoms with Crippen LogP contribution >= 0.6 is 0 Å². The molecule has 1 aromatic rings. The zero-order chi connectivity index (χ0) is 23.0. The maximum absolute atomic E-state index is 13.1. The molecule has 5 nitrogen and oxygen atoms in total. The average molecular weight is 459 g/mol. The highest BCUT2D eigenvalue weighted by molar-refractivity contribution is 6.60. The van der Waals surface area contributed by atoms with Crippen LogP contribution in [0.2, 0.25) is 6.04 Å². The van der Waals surface area contributed by atoms with Gasteiger partial charge in [0.15, 0.2) is 11.6 Å². The smallest absolute Gasteiger partial charge is 0.463 e. The summed E-state index contributed by atoms with van der Waals surface area (Å²) >= 11 is 0. The number of carbonyl (C=O) groups is 1. The summed E-state index contributed by atoms with van der Waals surface area (Å²) in [7, 11) is -2.53. The van der Waals surface area contributed by atoms with Gasteiger partial charge in [-0.1, -0.05) is 31.7 Å². The molecule has 0 N–H and O–H groups in total. The summed E-state index contributed by atoms with van der Waals surface area (Å²) in [6.45, 7) is 8.03. The van der Waals surface area contributed by atoms with Crippen LogP contribution in [0.25, 0.3) is 6.08 Å². The molecule has 0 amide bonds. The predicted molar refractivity (Wildman–Crippen MR) is 119 cm³/mol. The fourth-order valence-corrected chi connectivity index (χ4v) is 5.84. The van der Waals surface area contributed by atoms with Gasteiger partial charge in [-0.2, -0.15) is 0 Å². The molecule has 1 rings (SSSR count). The van der Waals surface area contributed by atoms with Gasteiger partial charge < -0.3 is 18.0 Å². The van der Waals surface area contributed by atoms with Gasteiger partial charge in [0.25, 0.3) is 0 Å². The largest absolute Gasteiger partial charge is 0.500 e. The van der Waals surface area contributed by atoms with Gasteiger partial charge in [0.05, 0.1) is 6.61 Å². The van der Waals surface area contributed by atoms with E-state index in [1.165, 1.54) is 18.2 Å². The molecule has 0 saturated carbocycles. The summed E-state index contributed by atoms with van der Waals surface area (Å²) in [4.78, 5) is 11.7. The van der Waals surface area contributed by atoms with E-state index in [4.69, 9.17) is 18.0 Å². The van der Waals surface area contributed by atoms with Crippen molar-refractivity contribution in [3.05, 3.63) is 41.5 Å². The van der Waals surface area contributed by atoms with Crippen molar-refractivity contribution in [3.63, 3.8) is 0 Å². The first-order valence-corrected chi connectivity index (χ1v) is 13.1. The molecule has 0 saturated heterocycles. The Morgan fingerprint density at radius 3 is 2.03 bits per heavy atom. The third kappa shape index (κ3) is 11.5. The first-order chi connectivity index (χ1) is 15.0. The molecule has 1 aromatic carbocycles. The maximum atomic E-state index is 13.1. The Hall–Kier alpha value is -1.61. The molecular weight excluding hydrogens is 422 g/mol. The third-order valence-corrected chi connectivity index (χ3v) is 7.72. The number of ether oxygens (including phenoxy) is 1. The predicted octanol–water partition coefficient (Wildman–Crippen LogP) is 5.91. The molecule has 0 heterocycles. The summed E-state index contributed by atoms with van der Waals surface area (Å²) in [5, 5.41) is 0. The molecule has 0 radical (unpaired) electrons. The summed E-state index contributed by atoms with van der Waals surface area (Å²) < 4.78 is 48.7. The van der Waals surface area contributed by atoms with Crippen LogP contribution in [0.1, 0.15) is 64.9 Å². The lowest BCUT2D eigenvalue weighted by atomic mass is 10.1. The van der Waals surface area contributed by atoms with Gasteiger partial charge in [-0.3, -0.25) is 0 Å². The Morgan fingerprint density at radius 1 is 0.871 bits per heavy atom. The number of hydrogen-bond donors (Lipinski definition) is 0. The number of halogens is 2. The van der Waals surface area contributed by atoms with E-state index >= 15 is 0 Å². The van der Waals surface area contributed by atoms with Gasteiger partial charge in [-0.25, -0.2) is 13.6 Å². The molecule has 0 aliphatic rings. The number of hydrogen-bond acceptors (Lipinski definition) is 5. The highest BCUT2D eigenvalue weighted by Crippen LogP contribution is 2.20. The minimum absolute atomic E-state index is 0.343. The number of unbranched alkanes of at least 4 members (excludes halogenated alkanes) is 5. The second kappa shape index (κ2) is 16.1. The van der Waals surface area contributed by atoms with Gasteiger partial charge in [0.2, 0.25) is 0 Å². The van der Waals surface area contributed by atoms with Crippen molar-refractivity contribution < 1.29 is 31.6 Å². The van der Waals surface area contributed by atoms with Crippen molar-refractivity contribution in [1.82, 2.24) is 0 Å². The van der Waals surface area contributed by atoms with Gasteiger partial charge in [0, 0.05) is 31.9 Å². The van der Waals surface area contributed by atoms with E-state index in [1.807, 2.05) is 20.8 Å². The van der Waals surface area contributed by atoms with E-state index in [9.17, 15) is 13.6 Å². The fourth-order valence-electron chi connectivity index (χ4n) is 3.15. The molecule has 0 unspecified atom stereocenters. The summed E-state index contributed by atoms with van der Waals surface area (Å²) in [6.07, 6.45) is 8.65. The van der Waals surface area contributed by atoms with Crippen LogP contribution in [0.5, 0.6) is 0 Å². The van der Waals surface area contributed by atoms with Crippen molar-refractivity contribution >= 4 is 20.8 Å². The first-order valence-electron chi connectivity index (χ1n) is 11.2. The number of carbonyl (C=O) groups excluding carboxylic acids is 1. The van der Waals surface area contributed by atoms with Crippen molar-refractivity contribution in [2.24, 2.45) is 0 Å². The Balaban J connectivity index is 2.14. The highest BCUT2D eigenvalue weighted by Gasteiger charge is 2.39. The van der Waals surface area contributed by atoms with Crippen LogP contribution in [0.3, 0.4) is 0 Å². The van der Waals surface area contributed by atoms with Gasteiger partial charge in [0.1, 0.15) is 0 Å². The van der Waals surface area contributed by atoms with E-state index in [0.29, 0.717) is 32.0 Å². The van der Waals surface area contributed by atoms with E-state index in [0.717, 1.165) is 56.7 Å². The third-order valence-electron chi connectivity index (χ3n) is 4.57. The molecule has 0 atom stereocenters. The van der Waals surface area contributed by atoms with Crippen LogP contribution in [0.15, 0.2) is 24.3 Å². The number of benzene rings is 1. The molecule has 176 valence electrons. The molecule has 0 fully saturated rings. The standard InChI is InChI=1S/C23H36F2O5Si/c1-4-28-31(29-5-2,30-6-3)18-12-10-8-7-9-11-17-27-23(26)16-14-20-13-15-21(24)22(25)19-20/h13-16,19H,4-12,17-18H2,1-3H3/b16-14+. The first kappa shape index (κ1) is 27.4. The molecule has 0 aromatic heterocycles. The second-order valence-electron chi connectivity index (χ2n) is 7.03. The SMILES string of the molecule is CCO[Si](CCCCCCCCOC(=O)/C=C/c1ccc(F)c(F)c1)(OCC)OCC. The van der Waals surface area contributed by atoms with Crippen molar-refractivity contribution in [3.8, 4) is 0 Å². The highest BCUT2D eigenvalue weighted by atomic mass is 28.4. The Morgan fingerprint density at radius 2 is 1.45 bits per heavy atom. The number of esters is 1. The van der Waals surface area contributed by atoms with Crippen LogP contribution < -0.4 is 0 Å². The van der Waals surface area contributed by atoms with Gasteiger partial charge in [-0.05, 0) is 57.4 Å². The number of rotatable bonds is 17. The molecule has 0 spiro atoms. The topological polar surface area (TPSA) is 54.0 Å². The molecule has 8 heteroatoms. The molecule has 31 heavy (non-hydrogen) atoms. The lowest BCUT2D eigenvalue weighted by Gasteiger charge is -2.28. The van der Waals surface area contributed by atoms with E-state index < -0.39 is 26.4 Å². The summed E-state index contributed by atoms with van der Waals surface area (Å²) in [5.74, 6) is -2.36. The lowest BCUT2D eigenvalue weighted by molar-refractivity contribution is -0.137. The Labute approximate surface area is 186 Å². The van der Waals surface area contributed by atoms with Crippen LogP contribution in [-0.2, 0) is 22.8 Å². The van der Waals surface area contributed by atoms with Gasteiger partial charge >= 0.3 is 14.8 Å². The summed E-state index contributed by atoms with van der Waals surface area (Å²) in [5.41, 5.74) is 0.404. The fraction of sp³-hybridized carbons (Fsp3) is 0.609. The van der Waals surface area contributed by atoms with Crippen LogP contribution in [-0.4, -0.2) is 41.2 Å². The zero-order valence-corrected chi connectivity index (χ0v) is 20.0. The van der Waals surface area contributed by atoms with E-state index in [2.05, 4.69) is 0 Å². The maximum Gasteiger partial charge on any atom is 0.500 e. The lowest BCUT2D eigenvalue weighted by Crippen LogP contribution is -2.45. The molecular formula is C23H36F2O5Si. The molecule has 0 aliphatic heterocycles. The van der Waals surface area contributed by atoms with Crippen molar-refractivity contribution in [2.45, 2.75) is 65.3 Å². The Kier molecular flexibility index (Phi) is 14.2. The van der Waals surface area contributed by atoms with Gasteiger partial charge in [-0.15, -0.1) is 0 Å². The second-order valence-corrected chi connectivity index (χ2v) is 9.76.